The van der Waals surface area contributed by atoms with Crippen molar-refractivity contribution in [3.63, 3.8) is 0 Å². The Morgan fingerprint density at radius 2 is 2.20 bits per heavy atom. The highest BCUT2D eigenvalue weighted by atomic mass is 16.3. The molecule has 0 rings (SSSR count). The summed E-state index contributed by atoms with van der Waals surface area (Å²) < 4.78 is 0. The third-order valence-corrected chi connectivity index (χ3v) is 1.15. The molecule has 0 fully saturated rings. The normalized spacial score (nSPS) is 13.9. The van der Waals surface area contributed by atoms with Crippen LogP contribution in [0.25, 0.3) is 0 Å². The Bertz CT molecular complexity index is 127. The summed E-state index contributed by atoms with van der Waals surface area (Å²) >= 11 is 0. The number of hydrogen-bond acceptors (Lipinski definition) is 2. The fraction of sp³-hybridized carbons (Fsp3) is 0.500. The van der Waals surface area contributed by atoms with Crippen molar-refractivity contribution in [2.24, 2.45) is 5.92 Å². The third-order valence-electron chi connectivity index (χ3n) is 1.15. The van der Waals surface area contributed by atoms with E-state index in [9.17, 15) is 0 Å². The van der Waals surface area contributed by atoms with Crippen molar-refractivity contribution in [3.05, 3.63) is 24.3 Å². The molecule has 1 unspecified atom stereocenters. The van der Waals surface area contributed by atoms with E-state index >= 15 is 0 Å². The van der Waals surface area contributed by atoms with Crippen molar-refractivity contribution in [1.82, 2.24) is 0 Å². The Labute approximate surface area is 61.5 Å². The molecule has 0 aromatic carbocycles. The van der Waals surface area contributed by atoms with E-state index in [4.69, 9.17) is 10.2 Å². The molecule has 0 saturated carbocycles. The van der Waals surface area contributed by atoms with Gasteiger partial charge in [0.1, 0.15) is 0 Å². The maximum atomic E-state index is 8.58. The summed E-state index contributed by atoms with van der Waals surface area (Å²) in [6, 6.07) is 0. The van der Waals surface area contributed by atoms with Crippen molar-refractivity contribution in [2.45, 2.75) is 6.92 Å². The second kappa shape index (κ2) is 5.21. The Hall–Kier alpha value is -0.600. The molecule has 0 bridgehead atoms. The zero-order chi connectivity index (χ0) is 7.98. The Kier molecular flexibility index (Phi) is 4.89. The van der Waals surface area contributed by atoms with E-state index in [1.54, 1.807) is 6.08 Å². The summed E-state index contributed by atoms with van der Waals surface area (Å²) in [6.45, 7) is 5.57. The van der Waals surface area contributed by atoms with E-state index in [0.717, 1.165) is 0 Å². The van der Waals surface area contributed by atoms with E-state index in [1.807, 2.05) is 13.0 Å². The van der Waals surface area contributed by atoms with Gasteiger partial charge in [-0.1, -0.05) is 25.7 Å². The highest BCUT2D eigenvalue weighted by molar-refractivity contribution is 5.14. The van der Waals surface area contributed by atoms with Gasteiger partial charge in [0.2, 0.25) is 0 Å². The van der Waals surface area contributed by atoms with E-state index < -0.39 is 0 Å². The van der Waals surface area contributed by atoms with Gasteiger partial charge in [-0.2, -0.15) is 0 Å². The molecule has 0 amide bonds. The lowest BCUT2D eigenvalue weighted by atomic mass is 10.1. The lowest BCUT2D eigenvalue weighted by molar-refractivity contribution is 0.262. The van der Waals surface area contributed by atoms with Crippen LogP contribution in [0.3, 0.4) is 0 Å². The number of rotatable bonds is 4. The van der Waals surface area contributed by atoms with Crippen LogP contribution in [0.1, 0.15) is 6.92 Å². The molecule has 0 heterocycles. The minimum Gasteiger partial charge on any atom is -0.396 e. The van der Waals surface area contributed by atoms with Gasteiger partial charge in [-0.05, 0) is 11.5 Å². The van der Waals surface area contributed by atoms with Crippen LogP contribution in [0.5, 0.6) is 0 Å². The first kappa shape index (κ1) is 9.40. The predicted octanol–water partition coefficient (Wildman–Crippen LogP) is 0.719. The molecule has 1 atom stereocenters. The Morgan fingerprint density at radius 1 is 1.60 bits per heavy atom. The van der Waals surface area contributed by atoms with Crippen LogP contribution < -0.4 is 0 Å². The maximum Gasteiger partial charge on any atom is 0.0676 e. The van der Waals surface area contributed by atoms with Crippen LogP contribution in [-0.4, -0.2) is 23.4 Å². The molecule has 2 nitrogen and oxygen atoms in total. The van der Waals surface area contributed by atoms with Gasteiger partial charge in [0.25, 0.3) is 0 Å². The first-order valence-electron chi connectivity index (χ1n) is 3.28. The van der Waals surface area contributed by atoms with E-state index in [2.05, 4.69) is 6.58 Å². The second-order valence-electron chi connectivity index (χ2n) is 2.34. The standard InChI is InChI=1S/C8H14O2/c1-7(5-9)3-4-8(2)6-10/h3-4,8-10H,1,5-6H2,2H3. The molecule has 0 aliphatic carbocycles. The number of aliphatic hydroxyl groups excluding tert-OH is 2. The molecule has 0 radical (unpaired) electrons. The van der Waals surface area contributed by atoms with Gasteiger partial charge >= 0.3 is 0 Å². The molecule has 58 valence electrons. The van der Waals surface area contributed by atoms with Crippen LogP contribution >= 0.6 is 0 Å². The average Bonchev–Trinajstić information content (AvgIpc) is 1.99. The van der Waals surface area contributed by atoms with Crippen molar-refractivity contribution in [2.75, 3.05) is 13.2 Å². The van der Waals surface area contributed by atoms with Crippen molar-refractivity contribution in [1.29, 1.82) is 0 Å². The van der Waals surface area contributed by atoms with Gasteiger partial charge < -0.3 is 10.2 Å². The SMILES string of the molecule is C=C(C=CC(C)CO)CO. The molecule has 2 heteroatoms. The summed E-state index contributed by atoms with van der Waals surface area (Å²) in [4.78, 5) is 0. The van der Waals surface area contributed by atoms with E-state index in [-0.39, 0.29) is 19.1 Å². The first-order valence-corrected chi connectivity index (χ1v) is 3.28. The zero-order valence-electron chi connectivity index (χ0n) is 6.25. The van der Waals surface area contributed by atoms with Crippen LogP contribution in [0.4, 0.5) is 0 Å². The van der Waals surface area contributed by atoms with Crippen LogP contribution in [0.2, 0.25) is 0 Å². The fourth-order valence-electron chi connectivity index (χ4n) is 0.414. The molecular formula is C8H14O2. The smallest absolute Gasteiger partial charge is 0.0676 e. The third kappa shape index (κ3) is 4.30. The largest absolute Gasteiger partial charge is 0.396 e. The monoisotopic (exact) mass is 142 g/mol. The van der Waals surface area contributed by atoms with Crippen molar-refractivity contribution in [3.8, 4) is 0 Å². The van der Waals surface area contributed by atoms with Gasteiger partial charge in [0.05, 0.1) is 6.61 Å². The lowest BCUT2D eigenvalue weighted by Gasteiger charge is -1.98. The highest BCUT2D eigenvalue weighted by Crippen LogP contribution is 1.98. The van der Waals surface area contributed by atoms with Crippen LogP contribution in [0.15, 0.2) is 24.3 Å². The van der Waals surface area contributed by atoms with Crippen molar-refractivity contribution >= 4 is 0 Å². The minimum absolute atomic E-state index is 0.0192. The highest BCUT2D eigenvalue weighted by Gasteiger charge is 1.91. The first-order chi connectivity index (χ1) is 4.70. The summed E-state index contributed by atoms with van der Waals surface area (Å²) in [5, 5.41) is 17.1. The molecular weight excluding hydrogens is 128 g/mol. The molecule has 0 aromatic rings. The van der Waals surface area contributed by atoms with Crippen molar-refractivity contribution < 1.29 is 10.2 Å². The zero-order valence-corrected chi connectivity index (χ0v) is 6.25. The predicted molar refractivity (Wildman–Crippen MR) is 41.6 cm³/mol. The van der Waals surface area contributed by atoms with Crippen LogP contribution in [-0.2, 0) is 0 Å². The number of aliphatic hydroxyl groups is 2. The summed E-state index contributed by atoms with van der Waals surface area (Å²) in [7, 11) is 0. The minimum atomic E-state index is -0.0192. The molecule has 2 N–H and O–H groups in total. The van der Waals surface area contributed by atoms with E-state index in [1.165, 1.54) is 0 Å². The molecule has 10 heavy (non-hydrogen) atoms. The van der Waals surface area contributed by atoms with Gasteiger partial charge in [-0.3, -0.25) is 0 Å². The quantitative estimate of drug-likeness (QED) is 0.568. The van der Waals surface area contributed by atoms with Gasteiger partial charge in [0.15, 0.2) is 0 Å². The Morgan fingerprint density at radius 3 is 2.60 bits per heavy atom. The molecule has 0 aliphatic rings. The van der Waals surface area contributed by atoms with E-state index in [0.29, 0.717) is 5.57 Å². The molecule has 0 saturated heterocycles. The fourth-order valence-corrected chi connectivity index (χ4v) is 0.414. The molecule has 0 aliphatic heterocycles. The topological polar surface area (TPSA) is 40.5 Å². The molecule has 0 aromatic heterocycles. The maximum absolute atomic E-state index is 8.58. The molecule has 0 spiro atoms. The average molecular weight is 142 g/mol. The second-order valence-corrected chi connectivity index (χ2v) is 2.34. The van der Waals surface area contributed by atoms with Gasteiger partial charge in [-0.25, -0.2) is 0 Å². The lowest BCUT2D eigenvalue weighted by Crippen LogP contribution is -1.95. The summed E-state index contributed by atoms with van der Waals surface area (Å²) in [6.07, 6.45) is 3.54. The van der Waals surface area contributed by atoms with Gasteiger partial charge in [0, 0.05) is 6.61 Å². The van der Waals surface area contributed by atoms with Crippen LogP contribution in [0, 0.1) is 5.92 Å². The Balaban J connectivity index is 3.63. The summed E-state index contributed by atoms with van der Waals surface area (Å²) in [5.74, 6) is 0.142. The number of hydrogen-bond donors (Lipinski definition) is 2. The van der Waals surface area contributed by atoms with Gasteiger partial charge in [-0.15, -0.1) is 0 Å². The summed E-state index contributed by atoms with van der Waals surface area (Å²) in [5.41, 5.74) is 0.667.